The summed E-state index contributed by atoms with van der Waals surface area (Å²) in [5.41, 5.74) is 7.19. The highest BCUT2D eigenvalue weighted by molar-refractivity contribution is 5.94. The molecule has 0 aliphatic heterocycles. The molecule has 1 amide bonds. The van der Waals surface area contributed by atoms with Crippen LogP contribution in [0.3, 0.4) is 0 Å². The Morgan fingerprint density at radius 3 is 2.61 bits per heavy atom. The highest BCUT2D eigenvalue weighted by Crippen LogP contribution is 2.13. The van der Waals surface area contributed by atoms with Gasteiger partial charge in [0.25, 0.3) is 5.91 Å². The van der Waals surface area contributed by atoms with Gasteiger partial charge in [-0.3, -0.25) is 4.79 Å². The van der Waals surface area contributed by atoms with Crippen molar-refractivity contribution in [3.8, 4) is 5.75 Å². The van der Waals surface area contributed by atoms with Gasteiger partial charge in [0.1, 0.15) is 17.8 Å². The summed E-state index contributed by atoms with van der Waals surface area (Å²) < 4.78 is 10.3. The predicted molar refractivity (Wildman–Crippen MR) is 92.1 cm³/mol. The quantitative estimate of drug-likeness (QED) is 0.813. The number of furan rings is 1. The van der Waals surface area contributed by atoms with E-state index in [0.29, 0.717) is 17.9 Å². The molecular formula is C17H23ClN2O3. The molecule has 6 heteroatoms. The first-order valence-electron chi connectivity index (χ1n) is 7.33. The lowest BCUT2D eigenvalue weighted by Crippen LogP contribution is -2.32. The Morgan fingerprint density at radius 1 is 1.35 bits per heavy atom. The van der Waals surface area contributed by atoms with Gasteiger partial charge in [-0.25, -0.2) is 0 Å². The van der Waals surface area contributed by atoms with E-state index in [1.807, 2.05) is 31.2 Å². The molecule has 0 saturated carbocycles. The monoisotopic (exact) mass is 338 g/mol. The van der Waals surface area contributed by atoms with Crippen LogP contribution in [0.1, 0.15) is 35.0 Å². The molecule has 3 N–H and O–H groups in total. The molecule has 0 fully saturated rings. The van der Waals surface area contributed by atoms with E-state index in [1.54, 1.807) is 13.2 Å². The zero-order chi connectivity index (χ0) is 15.9. The summed E-state index contributed by atoms with van der Waals surface area (Å²) in [5.74, 6) is 1.32. The summed E-state index contributed by atoms with van der Waals surface area (Å²) in [7, 11) is 1.65. The van der Waals surface area contributed by atoms with Crippen molar-refractivity contribution in [3.63, 3.8) is 0 Å². The number of carbonyl (C=O) groups is 1. The molecular weight excluding hydrogens is 316 g/mol. The second kappa shape index (κ2) is 9.22. The van der Waals surface area contributed by atoms with Crippen molar-refractivity contribution in [3.05, 3.63) is 53.5 Å². The van der Waals surface area contributed by atoms with Crippen LogP contribution in [-0.4, -0.2) is 19.1 Å². The summed E-state index contributed by atoms with van der Waals surface area (Å²) in [4.78, 5) is 12.1. The number of benzene rings is 1. The lowest BCUT2D eigenvalue weighted by molar-refractivity contribution is 0.0938. The van der Waals surface area contributed by atoms with Gasteiger partial charge in [0.2, 0.25) is 0 Å². The van der Waals surface area contributed by atoms with Gasteiger partial charge in [-0.05, 0) is 43.5 Å². The van der Waals surface area contributed by atoms with E-state index in [2.05, 4.69) is 5.32 Å². The SMILES string of the molecule is COc1ccc(CCC(C)NC(=O)c2coc(CN)c2)cc1.Cl. The van der Waals surface area contributed by atoms with Gasteiger partial charge >= 0.3 is 0 Å². The van der Waals surface area contributed by atoms with Crippen LogP contribution in [0, 0.1) is 0 Å². The smallest absolute Gasteiger partial charge is 0.254 e. The average molecular weight is 339 g/mol. The van der Waals surface area contributed by atoms with Gasteiger partial charge in [0, 0.05) is 6.04 Å². The number of aryl methyl sites for hydroxylation is 1. The van der Waals surface area contributed by atoms with Gasteiger partial charge in [0.15, 0.2) is 0 Å². The summed E-state index contributed by atoms with van der Waals surface area (Å²) in [5, 5.41) is 2.96. The Bertz CT molecular complexity index is 611. The molecule has 1 heterocycles. The number of rotatable bonds is 7. The van der Waals surface area contributed by atoms with Crippen LogP contribution in [0.4, 0.5) is 0 Å². The van der Waals surface area contributed by atoms with Crippen LogP contribution in [-0.2, 0) is 13.0 Å². The van der Waals surface area contributed by atoms with Crippen LogP contribution in [0.5, 0.6) is 5.75 Å². The molecule has 2 rings (SSSR count). The minimum atomic E-state index is -0.134. The molecule has 5 nitrogen and oxygen atoms in total. The molecule has 1 unspecified atom stereocenters. The number of hydrogen-bond acceptors (Lipinski definition) is 4. The highest BCUT2D eigenvalue weighted by Gasteiger charge is 2.12. The molecule has 0 spiro atoms. The molecule has 0 saturated heterocycles. The second-order valence-electron chi connectivity index (χ2n) is 5.27. The fraction of sp³-hybridized carbons (Fsp3) is 0.353. The second-order valence-corrected chi connectivity index (χ2v) is 5.27. The van der Waals surface area contributed by atoms with Crippen molar-refractivity contribution in [1.29, 1.82) is 0 Å². The van der Waals surface area contributed by atoms with Gasteiger partial charge < -0.3 is 20.2 Å². The number of amides is 1. The molecule has 1 aromatic carbocycles. The predicted octanol–water partition coefficient (Wildman–Crippen LogP) is 2.92. The third kappa shape index (κ3) is 5.62. The third-order valence-corrected chi connectivity index (χ3v) is 3.52. The van der Waals surface area contributed by atoms with E-state index in [-0.39, 0.29) is 24.4 Å². The van der Waals surface area contributed by atoms with Crippen LogP contribution < -0.4 is 15.8 Å². The number of nitrogens with one attached hydrogen (secondary N) is 1. The lowest BCUT2D eigenvalue weighted by Gasteiger charge is -2.13. The van der Waals surface area contributed by atoms with E-state index in [9.17, 15) is 4.79 Å². The van der Waals surface area contributed by atoms with Crippen molar-refractivity contribution in [1.82, 2.24) is 5.32 Å². The summed E-state index contributed by atoms with van der Waals surface area (Å²) in [6.07, 6.45) is 3.19. The maximum absolute atomic E-state index is 12.1. The average Bonchev–Trinajstić information content (AvgIpc) is 3.02. The first-order valence-corrected chi connectivity index (χ1v) is 7.33. The molecule has 0 radical (unpaired) electrons. The fourth-order valence-electron chi connectivity index (χ4n) is 2.16. The Balaban J connectivity index is 0.00000264. The lowest BCUT2D eigenvalue weighted by atomic mass is 10.1. The van der Waals surface area contributed by atoms with Crippen LogP contribution in [0.15, 0.2) is 41.0 Å². The van der Waals surface area contributed by atoms with Crippen LogP contribution >= 0.6 is 12.4 Å². The molecule has 2 aromatic rings. The fourth-order valence-corrected chi connectivity index (χ4v) is 2.16. The Kier molecular flexibility index (Phi) is 7.65. The summed E-state index contributed by atoms with van der Waals surface area (Å²) >= 11 is 0. The molecule has 1 atom stereocenters. The van der Waals surface area contributed by atoms with Crippen molar-refractivity contribution in [2.75, 3.05) is 7.11 Å². The molecule has 1 aromatic heterocycles. The maximum atomic E-state index is 12.1. The zero-order valence-electron chi connectivity index (χ0n) is 13.4. The summed E-state index contributed by atoms with van der Waals surface area (Å²) in [6, 6.07) is 9.71. The number of methoxy groups -OCH3 is 1. The number of nitrogens with two attached hydrogens (primary N) is 1. The Labute approximate surface area is 142 Å². The molecule has 23 heavy (non-hydrogen) atoms. The molecule has 0 aliphatic rings. The van der Waals surface area contributed by atoms with Gasteiger partial charge in [-0.2, -0.15) is 0 Å². The van der Waals surface area contributed by atoms with E-state index in [0.717, 1.165) is 18.6 Å². The Hall–Kier alpha value is -1.98. The van der Waals surface area contributed by atoms with Gasteiger partial charge in [-0.15, -0.1) is 12.4 Å². The van der Waals surface area contributed by atoms with Crippen LogP contribution in [0.25, 0.3) is 0 Å². The van der Waals surface area contributed by atoms with E-state index in [4.69, 9.17) is 14.9 Å². The zero-order valence-corrected chi connectivity index (χ0v) is 14.2. The third-order valence-electron chi connectivity index (χ3n) is 3.52. The maximum Gasteiger partial charge on any atom is 0.254 e. The standard InChI is InChI=1S/C17H22N2O3.ClH/c1-12(3-4-13-5-7-15(21-2)8-6-13)19-17(20)14-9-16(10-18)22-11-14;/h5-9,11-12H,3-4,10,18H2,1-2H3,(H,19,20);1H. The van der Waals surface area contributed by atoms with Crippen molar-refractivity contribution < 1.29 is 13.9 Å². The number of ether oxygens (including phenoxy) is 1. The molecule has 126 valence electrons. The van der Waals surface area contributed by atoms with E-state index in [1.165, 1.54) is 11.8 Å². The first-order chi connectivity index (χ1) is 10.6. The van der Waals surface area contributed by atoms with Crippen LogP contribution in [0.2, 0.25) is 0 Å². The number of halogens is 1. The highest BCUT2D eigenvalue weighted by atomic mass is 35.5. The van der Waals surface area contributed by atoms with Crippen molar-refractivity contribution in [2.45, 2.75) is 32.4 Å². The van der Waals surface area contributed by atoms with Gasteiger partial charge in [0.05, 0.1) is 19.2 Å². The largest absolute Gasteiger partial charge is 0.497 e. The normalized spacial score (nSPS) is 11.4. The Morgan fingerprint density at radius 2 is 2.04 bits per heavy atom. The topological polar surface area (TPSA) is 77.5 Å². The minimum absolute atomic E-state index is 0. The van der Waals surface area contributed by atoms with Crippen molar-refractivity contribution >= 4 is 18.3 Å². The number of carbonyl (C=O) groups excluding carboxylic acids is 1. The first kappa shape index (κ1) is 19.1. The minimum Gasteiger partial charge on any atom is -0.497 e. The van der Waals surface area contributed by atoms with Gasteiger partial charge in [-0.1, -0.05) is 12.1 Å². The van der Waals surface area contributed by atoms with E-state index < -0.39 is 0 Å². The number of hydrogen-bond donors (Lipinski definition) is 2. The van der Waals surface area contributed by atoms with Crippen molar-refractivity contribution in [2.24, 2.45) is 5.73 Å². The molecule has 0 bridgehead atoms. The summed E-state index contributed by atoms with van der Waals surface area (Å²) in [6.45, 7) is 2.28. The molecule has 0 aliphatic carbocycles. The van der Waals surface area contributed by atoms with E-state index >= 15 is 0 Å².